The van der Waals surface area contributed by atoms with E-state index in [4.69, 9.17) is 16.7 Å². The second-order valence-electron chi connectivity index (χ2n) is 3.42. The molecular weight excluding hydrogens is 242 g/mol. The van der Waals surface area contributed by atoms with Gasteiger partial charge in [0.2, 0.25) is 0 Å². The third kappa shape index (κ3) is 2.21. The minimum absolute atomic E-state index is 0.303. The van der Waals surface area contributed by atoms with Crippen LogP contribution in [0.3, 0.4) is 0 Å². The molecule has 0 aliphatic heterocycles. The van der Waals surface area contributed by atoms with Crippen molar-refractivity contribution >= 4 is 17.6 Å². The summed E-state index contributed by atoms with van der Waals surface area (Å²) < 4.78 is 0. The van der Waals surface area contributed by atoms with E-state index in [9.17, 15) is 9.59 Å². The van der Waals surface area contributed by atoms with Crippen LogP contribution in [0.5, 0.6) is 0 Å². The average molecular weight is 250 g/mol. The van der Waals surface area contributed by atoms with Crippen molar-refractivity contribution in [3.63, 3.8) is 0 Å². The Morgan fingerprint density at radius 2 is 2.00 bits per heavy atom. The maximum Gasteiger partial charge on any atom is 0.341 e. The molecule has 0 aliphatic rings. The monoisotopic (exact) mass is 249 g/mol. The molecule has 0 unspecified atom stereocenters. The number of carboxylic acid groups (broad SMARTS) is 1. The number of benzene rings is 1. The van der Waals surface area contributed by atoms with Gasteiger partial charge in [0.05, 0.1) is 0 Å². The van der Waals surface area contributed by atoms with Crippen LogP contribution in [0.15, 0.2) is 41.3 Å². The van der Waals surface area contributed by atoms with Crippen LogP contribution < -0.4 is 5.56 Å². The van der Waals surface area contributed by atoms with Gasteiger partial charge in [-0.2, -0.15) is 0 Å². The number of rotatable bonds is 2. The number of aromatic carboxylic acids is 1. The summed E-state index contributed by atoms with van der Waals surface area (Å²) in [6.07, 6.45) is 1.44. The largest absolute Gasteiger partial charge is 0.477 e. The normalized spacial score (nSPS) is 10.2. The van der Waals surface area contributed by atoms with E-state index in [-0.39, 0.29) is 5.56 Å². The fourth-order valence-corrected chi connectivity index (χ4v) is 1.74. The van der Waals surface area contributed by atoms with E-state index in [0.29, 0.717) is 16.1 Å². The fraction of sp³-hybridized carbons (Fsp3) is 0. The van der Waals surface area contributed by atoms with Crippen molar-refractivity contribution in [1.82, 2.24) is 4.98 Å². The molecule has 0 spiro atoms. The molecule has 0 bridgehead atoms. The summed E-state index contributed by atoms with van der Waals surface area (Å²) in [6, 6.07) is 8.31. The lowest BCUT2D eigenvalue weighted by Crippen LogP contribution is -2.16. The molecule has 5 heteroatoms. The minimum Gasteiger partial charge on any atom is -0.477 e. The lowest BCUT2D eigenvalue weighted by molar-refractivity contribution is 0.0695. The first-order valence-electron chi connectivity index (χ1n) is 4.80. The van der Waals surface area contributed by atoms with Gasteiger partial charge < -0.3 is 10.1 Å². The van der Waals surface area contributed by atoms with Crippen LogP contribution in [-0.4, -0.2) is 16.1 Å². The first kappa shape index (κ1) is 11.4. The number of aromatic amines is 1. The third-order valence-electron chi connectivity index (χ3n) is 2.32. The summed E-state index contributed by atoms with van der Waals surface area (Å²) in [7, 11) is 0. The fourth-order valence-electron chi connectivity index (χ4n) is 1.49. The van der Waals surface area contributed by atoms with Gasteiger partial charge in [-0.25, -0.2) is 4.79 Å². The SMILES string of the molecule is O=C(O)c1cc(-c2ccccc2Cl)c[nH]c1=O. The molecule has 0 amide bonds. The Morgan fingerprint density at radius 1 is 1.29 bits per heavy atom. The summed E-state index contributed by atoms with van der Waals surface area (Å²) >= 11 is 5.99. The molecule has 0 saturated heterocycles. The van der Waals surface area contributed by atoms with Crippen molar-refractivity contribution in [1.29, 1.82) is 0 Å². The lowest BCUT2D eigenvalue weighted by Gasteiger charge is -2.04. The van der Waals surface area contributed by atoms with Crippen LogP contribution in [0.2, 0.25) is 5.02 Å². The summed E-state index contributed by atoms with van der Waals surface area (Å²) in [5.74, 6) is -1.26. The highest BCUT2D eigenvalue weighted by Gasteiger charge is 2.11. The zero-order chi connectivity index (χ0) is 12.4. The van der Waals surface area contributed by atoms with Gasteiger partial charge >= 0.3 is 5.97 Å². The average Bonchev–Trinajstić information content (AvgIpc) is 2.30. The molecule has 17 heavy (non-hydrogen) atoms. The Kier molecular flexibility index (Phi) is 2.97. The second kappa shape index (κ2) is 4.43. The third-order valence-corrected chi connectivity index (χ3v) is 2.65. The van der Waals surface area contributed by atoms with E-state index in [2.05, 4.69) is 4.98 Å². The van der Waals surface area contributed by atoms with Gasteiger partial charge in [-0.05, 0) is 12.1 Å². The number of halogens is 1. The molecule has 0 atom stereocenters. The highest BCUT2D eigenvalue weighted by molar-refractivity contribution is 6.33. The zero-order valence-electron chi connectivity index (χ0n) is 8.61. The van der Waals surface area contributed by atoms with Crippen molar-refractivity contribution in [2.45, 2.75) is 0 Å². The Hall–Kier alpha value is -2.07. The van der Waals surface area contributed by atoms with E-state index in [0.717, 1.165) is 0 Å². The Balaban J connectivity index is 2.62. The highest BCUT2D eigenvalue weighted by Crippen LogP contribution is 2.26. The zero-order valence-corrected chi connectivity index (χ0v) is 9.36. The number of H-pyrrole nitrogens is 1. The topological polar surface area (TPSA) is 70.2 Å². The number of carbonyl (C=O) groups is 1. The molecular formula is C12H8ClNO3. The van der Waals surface area contributed by atoms with Gasteiger partial charge in [0.25, 0.3) is 5.56 Å². The smallest absolute Gasteiger partial charge is 0.341 e. The molecule has 2 aromatic rings. The molecule has 2 N–H and O–H groups in total. The molecule has 0 fully saturated rings. The van der Waals surface area contributed by atoms with Crippen LogP contribution >= 0.6 is 11.6 Å². The number of aromatic nitrogens is 1. The van der Waals surface area contributed by atoms with E-state index in [1.165, 1.54) is 12.3 Å². The Labute approximate surface area is 101 Å². The molecule has 1 heterocycles. The number of hydrogen-bond donors (Lipinski definition) is 2. The van der Waals surface area contributed by atoms with Gasteiger partial charge in [0.1, 0.15) is 5.56 Å². The van der Waals surface area contributed by atoms with Crippen molar-refractivity contribution in [2.75, 3.05) is 0 Å². The van der Waals surface area contributed by atoms with Crippen LogP contribution in [0.4, 0.5) is 0 Å². The summed E-state index contributed by atoms with van der Waals surface area (Å²) in [6.45, 7) is 0. The van der Waals surface area contributed by atoms with Crippen LogP contribution in [-0.2, 0) is 0 Å². The summed E-state index contributed by atoms with van der Waals surface area (Å²) in [4.78, 5) is 24.5. The molecule has 1 aromatic carbocycles. The maximum absolute atomic E-state index is 11.3. The minimum atomic E-state index is -1.26. The predicted octanol–water partition coefficient (Wildman–Crippen LogP) is 2.39. The molecule has 0 aliphatic carbocycles. The van der Waals surface area contributed by atoms with Gasteiger partial charge in [0, 0.05) is 22.3 Å². The van der Waals surface area contributed by atoms with Crippen molar-refractivity contribution in [3.05, 3.63) is 57.5 Å². The molecule has 1 aromatic heterocycles. The van der Waals surface area contributed by atoms with E-state index in [1.807, 2.05) is 0 Å². The molecule has 86 valence electrons. The lowest BCUT2D eigenvalue weighted by atomic mass is 10.1. The van der Waals surface area contributed by atoms with E-state index < -0.39 is 11.5 Å². The first-order chi connectivity index (χ1) is 8.09. The molecule has 0 saturated carbocycles. The van der Waals surface area contributed by atoms with Crippen LogP contribution in [0.1, 0.15) is 10.4 Å². The van der Waals surface area contributed by atoms with Crippen molar-refractivity contribution < 1.29 is 9.90 Å². The van der Waals surface area contributed by atoms with Gasteiger partial charge in [-0.15, -0.1) is 0 Å². The van der Waals surface area contributed by atoms with E-state index >= 15 is 0 Å². The van der Waals surface area contributed by atoms with Crippen LogP contribution in [0.25, 0.3) is 11.1 Å². The maximum atomic E-state index is 11.3. The Morgan fingerprint density at radius 3 is 2.65 bits per heavy atom. The first-order valence-corrected chi connectivity index (χ1v) is 5.18. The number of pyridine rings is 1. The highest BCUT2D eigenvalue weighted by atomic mass is 35.5. The standard InChI is InChI=1S/C12H8ClNO3/c13-10-4-2-1-3-8(10)7-5-9(12(16)17)11(15)14-6-7/h1-6H,(H,14,15)(H,16,17). The van der Waals surface area contributed by atoms with E-state index in [1.54, 1.807) is 24.3 Å². The Bertz CT molecular complexity index is 634. The van der Waals surface area contributed by atoms with Crippen molar-refractivity contribution in [3.8, 4) is 11.1 Å². The van der Waals surface area contributed by atoms with Gasteiger partial charge in [0.15, 0.2) is 0 Å². The number of hydrogen-bond acceptors (Lipinski definition) is 2. The molecule has 0 radical (unpaired) electrons. The van der Waals surface area contributed by atoms with Crippen molar-refractivity contribution in [2.24, 2.45) is 0 Å². The number of carboxylic acids is 1. The van der Waals surface area contributed by atoms with Crippen LogP contribution in [0, 0.1) is 0 Å². The summed E-state index contributed by atoms with van der Waals surface area (Å²) in [5.41, 5.74) is 0.302. The van der Waals surface area contributed by atoms with Gasteiger partial charge in [-0.1, -0.05) is 29.8 Å². The predicted molar refractivity (Wildman–Crippen MR) is 64.5 cm³/mol. The molecule has 4 nitrogen and oxygen atoms in total. The quantitative estimate of drug-likeness (QED) is 0.859. The summed E-state index contributed by atoms with van der Waals surface area (Å²) in [5, 5.41) is 9.35. The second-order valence-corrected chi connectivity index (χ2v) is 3.82. The molecule has 2 rings (SSSR count). The number of nitrogens with one attached hydrogen (secondary N) is 1. The van der Waals surface area contributed by atoms with Gasteiger partial charge in [-0.3, -0.25) is 4.79 Å².